The Hall–Kier alpha value is -1.75. The lowest BCUT2D eigenvalue weighted by molar-refractivity contribution is 0.365. The van der Waals surface area contributed by atoms with Crippen LogP contribution >= 0.6 is 0 Å². The summed E-state index contributed by atoms with van der Waals surface area (Å²) in [5.74, 6) is 1.86. The Morgan fingerprint density at radius 1 is 1.22 bits per heavy atom. The van der Waals surface area contributed by atoms with Crippen LogP contribution in [0.15, 0.2) is 24.4 Å². The topological polar surface area (TPSA) is 55.6 Å². The van der Waals surface area contributed by atoms with Gasteiger partial charge in [-0.15, -0.1) is 10.2 Å². The smallest absolute Gasteiger partial charge is 0.182 e. The number of rotatable bonds is 2. The van der Waals surface area contributed by atoms with E-state index in [0.29, 0.717) is 6.04 Å². The fraction of sp³-hybridized carbons (Fsp3) is 0.462. The van der Waals surface area contributed by atoms with E-state index in [2.05, 4.69) is 25.1 Å². The second kappa shape index (κ2) is 4.86. The third kappa shape index (κ3) is 2.01. The molecule has 0 bridgehead atoms. The summed E-state index contributed by atoms with van der Waals surface area (Å²) in [5, 5.41) is 11.9. The van der Waals surface area contributed by atoms with Crippen LogP contribution in [-0.4, -0.2) is 32.8 Å². The van der Waals surface area contributed by atoms with Crippen LogP contribution in [0.3, 0.4) is 0 Å². The van der Waals surface area contributed by atoms with E-state index in [1.807, 2.05) is 25.1 Å². The van der Waals surface area contributed by atoms with Gasteiger partial charge < -0.3 is 9.88 Å². The lowest BCUT2D eigenvalue weighted by Crippen LogP contribution is -2.30. The Kier molecular flexibility index (Phi) is 3.06. The number of nitrogens with one attached hydrogen (secondary N) is 1. The monoisotopic (exact) mass is 243 g/mol. The van der Waals surface area contributed by atoms with Crippen LogP contribution in [0.1, 0.15) is 24.7 Å². The Labute approximate surface area is 106 Å². The van der Waals surface area contributed by atoms with Crippen LogP contribution in [0.5, 0.6) is 0 Å². The molecule has 0 amide bonds. The zero-order chi connectivity index (χ0) is 12.4. The van der Waals surface area contributed by atoms with E-state index < -0.39 is 0 Å². The van der Waals surface area contributed by atoms with E-state index in [0.717, 1.165) is 43.3 Å². The molecule has 0 radical (unpaired) electrons. The SMILES string of the molecule is Cc1nnc(-c2ccccn2)n1C1CCNCC1. The summed E-state index contributed by atoms with van der Waals surface area (Å²) in [6, 6.07) is 6.38. The van der Waals surface area contributed by atoms with Gasteiger partial charge in [-0.25, -0.2) is 0 Å². The first kappa shape index (κ1) is 11.3. The van der Waals surface area contributed by atoms with Gasteiger partial charge in [0.25, 0.3) is 0 Å². The summed E-state index contributed by atoms with van der Waals surface area (Å²) in [6.45, 7) is 4.13. The highest BCUT2D eigenvalue weighted by molar-refractivity contribution is 5.49. The van der Waals surface area contributed by atoms with Crippen molar-refractivity contribution in [2.45, 2.75) is 25.8 Å². The normalized spacial score (nSPS) is 16.9. The number of piperidine rings is 1. The first-order valence-corrected chi connectivity index (χ1v) is 6.40. The fourth-order valence-corrected chi connectivity index (χ4v) is 2.54. The molecule has 2 aromatic heterocycles. The predicted molar refractivity (Wildman–Crippen MR) is 69.1 cm³/mol. The average molecular weight is 243 g/mol. The second-order valence-corrected chi connectivity index (χ2v) is 4.64. The van der Waals surface area contributed by atoms with Gasteiger partial charge in [-0.3, -0.25) is 4.98 Å². The molecule has 1 fully saturated rings. The molecule has 0 aliphatic carbocycles. The van der Waals surface area contributed by atoms with Crippen molar-refractivity contribution < 1.29 is 0 Å². The standard InChI is InChI=1S/C13H17N5/c1-10-16-17-13(12-4-2-3-7-15-12)18(10)11-5-8-14-9-6-11/h2-4,7,11,14H,5-6,8-9H2,1H3. The Balaban J connectivity index is 2.01. The predicted octanol–water partition coefficient (Wildman–Crippen LogP) is 1.57. The van der Waals surface area contributed by atoms with E-state index in [1.54, 1.807) is 6.20 Å². The lowest BCUT2D eigenvalue weighted by Gasteiger charge is -2.25. The number of aromatic nitrogens is 4. The van der Waals surface area contributed by atoms with Crippen molar-refractivity contribution in [3.05, 3.63) is 30.2 Å². The fourth-order valence-electron chi connectivity index (χ4n) is 2.54. The lowest BCUT2D eigenvalue weighted by atomic mass is 10.1. The van der Waals surface area contributed by atoms with Gasteiger partial charge in [0.05, 0.1) is 0 Å². The third-order valence-corrected chi connectivity index (χ3v) is 3.43. The average Bonchev–Trinajstić information content (AvgIpc) is 2.83. The maximum atomic E-state index is 4.38. The number of nitrogens with zero attached hydrogens (tertiary/aromatic N) is 4. The largest absolute Gasteiger partial charge is 0.317 e. The minimum absolute atomic E-state index is 0.484. The molecule has 5 heteroatoms. The molecule has 3 heterocycles. The zero-order valence-electron chi connectivity index (χ0n) is 10.5. The molecule has 1 N–H and O–H groups in total. The van der Waals surface area contributed by atoms with E-state index >= 15 is 0 Å². The highest BCUT2D eigenvalue weighted by atomic mass is 15.3. The van der Waals surface area contributed by atoms with Gasteiger partial charge >= 0.3 is 0 Å². The Morgan fingerprint density at radius 2 is 2.06 bits per heavy atom. The molecule has 0 saturated carbocycles. The molecule has 1 aliphatic heterocycles. The summed E-state index contributed by atoms with van der Waals surface area (Å²) >= 11 is 0. The molecule has 0 spiro atoms. The van der Waals surface area contributed by atoms with Crippen LogP contribution < -0.4 is 5.32 Å². The van der Waals surface area contributed by atoms with Gasteiger partial charge in [-0.05, 0) is 45.0 Å². The molecule has 2 aromatic rings. The molecule has 0 unspecified atom stereocenters. The second-order valence-electron chi connectivity index (χ2n) is 4.64. The maximum Gasteiger partial charge on any atom is 0.182 e. The minimum Gasteiger partial charge on any atom is -0.317 e. The van der Waals surface area contributed by atoms with Gasteiger partial charge in [-0.2, -0.15) is 0 Å². The molecule has 1 aliphatic rings. The number of aryl methyl sites for hydroxylation is 1. The molecule has 3 rings (SSSR count). The minimum atomic E-state index is 0.484. The number of hydrogen-bond acceptors (Lipinski definition) is 4. The van der Waals surface area contributed by atoms with Gasteiger partial charge in [-0.1, -0.05) is 6.07 Å². The Bertz CT molecular complexity index is 513. The van der Waals surface area contributed by atoms with Crippen molar-refractivity contribution in [2.24, 2.45) is 0 Å². The van der Waals surface area contributed by atoms with Crippen LogP contribution in [0.4, 0.5) is 0 Å². The molecule has 18 heavy (non-hydrogen) atoms. The highest BCUT2D eigenvalue weighted by Gasteiger charge is 2.21. The van der Waals surface area contributed by atoms with Crippen molar-refractivity contribution in [1.29, 1.82) is 0 Å². The maximum absolute atomic E-state index is 4.38. The van der Waals surface area contributed by atoms with E-state index in [9.17, 15) is 0 Å². The van der Waals surface area contributed by atoms with Crippen molar-refractivity contribution >= 4 is 0 Å². The van der Waals surface area contributed by atoms with E-state index in [1.165, 1.54) is 0 Å². The van der Waals surface area contributed by atoms with Crippen LogP contribution in [0.2, 0.25) is 0 Å². The van der Waals surface area contributed by atoms with E-state index in [-0.39, 0.29) is 0 Å². The van der Waals surface area contributed by atoms with Crippen LogP contribution in [-0.2, 0) is 0 Å². The summed E-state index contributed by atoms with van der Waals surface area (Å²) in [4.78, 5) is 4.38. The summed E-state index contributed by atoms with van der Waals surface area (Å²) < 4.78 is 2.24. The number of pyridine rings is 1. The van der Waals surface area contributed by atoms with Crippen LogP contribution in [0.25, 0.3) is 11.5 Å². The molecule has 0 aromatic carbocycles. The Morgan fingerprint density at radius 3 is 2.78 bits per heavy atom. The quantitative estimate of drug-likeness (QED) is 0.870. The third-order valence-electron chi connectivity index (χ3n) is 3.43. The zero-order valence-corrected chi connectivity index (χ0v) is 10.5. The van der Waals surface area contributed by atoms with Crippen molar-refractivity contribution in [3.8, 4) is 11.5 Å². The van der Waals surface area contributed by atoms with Gasteiger partial charge in [0, 0.05) is 12.2 Å². The first-order valence-electron chi connectivity index (χ1n) is 6.40. The first-order chi connectivity index (χ1) is 8.86. The molecular formula is C13H17N5. The summed E-state index contributed by atoms with van der Waals surface area (Å²) in [6.07, 6.45) is 4.05. The molecule has 94 valence electrons. The molecule has 0 atom stereocenters. The number of hydrogen-bond donors (Lipinski definition) is 1. The van der Waals surface area contributed by atoms with Crippen molar-refractivity contribution in [3.63, 3.8) is 0 Å². The molecule has 5 nitrogen and oxygen atoms in total. The molecule has 1 saturated heterocycles. The summed E-state index contributed by atoms with van der Waals surface area (Å²) in [7, 11) is 0. The van der Waals surface area contributed by atoms with Gasteiger partial charge in [0.15, 0.2) is 5.82 Å². The van der Waals surface area contributed by atoms with Gasteiger partial charge in [0.1, 0.15) is 11.5 Å². The van der Waals surface area contributed by atoms with E-state index in [4.69, 9.17) is 0 Å². The van der Waals surface area contributed by atoms with Crippen LogP contribution in [0, 0.1) is 6.92 Å². The molecular weight excluding hydrogens is 226 g/mol. The van der Waals surface area contributed by atoms with Gasteiger partial charge in [0.2, 0.25) is 0 Å². The van der Waals surface area contributed by atoms with Crippen molar-refractivity contribution in [2.75, 3.05) is 13.1 Å². The highest BCUT2D eigenvalue weighted by Crippen LogP contribution is 2.26. The van der Waals surface area contributed by atoms with Crippen molar-refractivity contribution in [1.82, 2.24) is 25.1 Å². The summed E-state index contributed by atoms with van der Waals surface area (Å²) in [5.41, 5.74) is 0.900.